The lowest BCUT2D eigenvalue weighted by Crippen LogP contribution is -2.39. The second-order valence-electron chi connectivity index (χ2n) is 10.8. The van der Waals surface area contributed by atoms with Gasteiger partial charge in [0.15, 0.2) is 0 Å². The van der Waals surface area contributed by atoms with Crippen molar-refractivity contribution in [3.8, 4) is 11.3 Å². The highest BCUT2D eigenvalue weighted by atomic mass is 32.1. The van der Waals surface area contributed by atoms with Gasteiger partial charge < -0.3 is 14.7 Å². The molecule has 0 atom stereocenters. The molecule has 0 bridgehead atoms. The van der Waals surface area contributed by atoms with Crippen molar-refractivity contribution in [1.82, 2.24) is 9.88 Å². The maximum Gasteiger partial charge on any atom is 0.0964 e. The quantitative estimate of drug-likeness (QED) is 0.342. The van der Waals surface area contributed by atoms with Gasteiger partial charge in [-0.1, -0.05) is 39.8 Å². The van der Waals surface area contributed by atoms with Crippen LogP contribution < -0.4 is 0 Å². The molecule has 4 rings (SSSR count). The van der Waals surface area contributed by atoms with Crippen LogP contribution >= 0.6 is 11.3 Å². The van der Waals surface area contributed by atoms with Crippen molar-refractivity contribution in [3.63, 3.8) is 0 Å². The topological polar surface area (TPSA) is 45.6 Å². The number of fused-ring (bicyclic) bond motifs is 1. The van der Waals surface area contributed by atoms with Crippen LogP contribution in [0.4, 0.5) is 0 Å². The number of thiazole rings is 1. The molecule has 4 nitrogen and oxygen atoms in total. The highest BCUT2D eigenvalue weighted by Crippen LogP contribution is 2.53. The van der Waals surface area contributed by atoms with Crippen LogP contribution in [0.15, 0.2) is 23.6 Å². The number of hydrogen-bond acceptors (Lipinski definition) is 5. The average Bonchev–Trinajstić information content (AvgIpc) is 3.41. The number of nitrogens with zero attached hydrogens (tertiary/aromatic N) is 2. The Balaban J connectivity index is 1.51. The molecule has 5 heteroatoms. The molecular formula is C30H46N2O2S. The number of aromatic nitrogens is 1. The summed E-state index contributed by atoms with van der Waals surface area (Å²) in [6, 6.07) is 7.34. The van der Waals surface area contributed by atoms with Crippen LogP contribution in [0.2, 0.25) is 0 Å². The van der Waals surface area contributed by atoms with Crippen molar-refractivity contribution in [3.05, 3.63) is 39.7 Å². The Morgan fingerprint density at radius 2 is 1.63 bits per heavy atom. The number of aliphatic hydroxyl groups is 1. The van der Waals surface area contributed by atoms with Gasteiger partial charge in [-0.15, -0.1) is 11.3 Å². The number of hydrogen-bond donors (Lipinski definition) is 1. The van der Waals surface area contributed by atoms with E-state index in [1.165, 1.54) is 61.9 Å². The molecule has 2 aliphatic rings. The number of piperidine rings is 1. The summed E-state index contributed by atoms with van der Waals surface area (Å²) in [5.74, 6) is 0.569. The fourth-order valence-electron chi connectivity index (χ4n) is 6.69. The SMILES string of the molecule is CCC1(CC)CCC(CC)(CC)c2cc(-c3csc(C4CCN(CCOCCO)CC4)n3)ccc21. The van der Waals surface area contributed by atoms with E-state index in [0.717, 1.165) is 25.3 Å². The molecule has 2 heterocycles. The number of aliphatic hydroxyl groups excluding tert-OH is 1. The van der Waals surface area contributed by atoms with Gasteiger partial charge >= 0.3 is 0 Å². The second-order valence-corrected chi connectivity index (χ2v) is 11.6. The number of likely N-dealkylation sites (tertiary alicyclic amines) is 1. The Kier molecular flexibility index (Phi) is 9.07. The van der Waals surface area contributed by atoms with Crippen molar-refractivity contribution in [2.75, 3.05) is 39.5 Å². The Morgan fingerprint density at radius 1 is 0.971 bits per heavy atom. The van der Waals surface area contributed by atoms with Gasteiger partial charge in [-0.2, -0.15) is 0 Å². The molecule has 2 aromatic rings. The maximum atomic E-state index is 8.86. The Hall–Kier alpha value is -1.27. The van der Waals surface area contributed by atoms with E-state index in [9.17, 15) is 0 Å². The van der Waals surface area contributed by atoms with Crippen molar-refractivity contribution in [1.29, 1.82) is 0 Å². The fraction of sp³-hybridized carbons (Fsp3) is 0.700. The summed E-state index contributed by atoms with van der Waals surface area (Å²) >= 11 is 1.85. The Bertz CT molecular complexity index is 940. The molecule has 1 aliphatic carbocycles. The Morgan fingerprint density at radius 3 is 2.26 bits per heavy atom. The molecule has 1 saturated heterocycles. The molecule has 1 aromatic carbocycles. The molecule has 0 amide bonds. The van der Waals surface area contributed by atoms with Crippen molar-refractivity contribution >= 4 is 11.3 Å². The zero-order chi connectivity index (χ0) is 24.9. The number of benzene rings is 1. The molecule has 35 heavy (non-hydrogen) atoms. The van der Waals surface area contributed by atoms with E-state index in [1.807, 2.05) is 11.3 Å². The highest BCUT2D eigenvalue weighted by Gasteiger charge is 2.43. The summed E-state index contributed by atoms with van der Waals surface area (Å²) < 4.78 is 5.44. The summed E-state index contributed by atoms with van der Waals surface area (Å²) in [7, 11) is 0. The van der Waals surface area contributed by atoms with Gasteiger partial charge in [0.2, 0.25) is 0 Å². The summed E-state index contributed by atoms with van der Waals surface area (Å²) in [5.41, 5.74) is 6.35. The third-order valence-corrected chi connectivity index (χ3v) is 10.5. The minimum atomic E-state index is 0.106. The number of rotatable bonds is 11. The molecule has 1 aromatic heterocycles. The molecule has 1 N–H and O–H groups in total. The zero-order valence-corrected chi connectivity index (χ0v) is 23.3. The molecule has 1 fully saturated rings. The summed E-state index contributed by atoms with van der Waals surface area (Å²) in [4.78, 5) is 7.67. The third kappa shape index (κ3) is 5.39. The third-order valence-electron chi connectivity index (χ3n) is 9.49. The molecule has 194 valence electrons. The molecule has 0 unspecified atom stereocenters. The van der Waals surface area contributed by atoms with E-state index in [-0.39, 0.29) is 6.61 Å². The molecular weight excluding hydrogens is 452 g/mol. The summed E-state index contributed by atoms with van der Waals surface area (Å²) in [5, 5.41) is 12.5. The van der Waals surface area contributed by atoms with Crippen LogP contribution in [0, 0.1) is 0 Å². The lowest BCUT2D eigenvalue weighted by atomic mass is 9.57. The maximum absolute atomic E-state index is 8.86. The molecule has 0 spiro atoms. The average molecular weight is 499 g/mol. The zero-order valence-electron chi connectivity index (χ0n) is 22.4. The van der Waals surface area contributed by atoms with Crippen molar-refractivity contribution in [2.45, 2.75) is 95.8 Å². The van der Waals surface area contributed by atoms with Gasteiger partial charge in [0.1, 0.15) is 0 Å². The molecule has 1 aliphatic heterocycles. The normalized spacial score (nSPS) is 20.1. The van der Waals surface area contributed by atoms with Gasteiger partial charge in [-0.3, -0.25) is 0 Å². The van der Waals surface area contributed by atoms with Crippen LogP contribution in [0.1, 0.15) is 101 Å². The van der Waals surface area contributed by atoms with Gasteiger partial charge in [0, 0.05) is 23.4 Å². The predicted molar refractivity (Wildman–Crippen MR) is 148 cm³/mol. The highest BCUT2D eigenvalue weighted by molar-refractivity contribution is 7.10. The van der Waals surface area contributed by atoms with Gasteiger partial charge in [-0.25, -0.2) is 4.98 Å². The van der Waals surface area contributed by atoms with E-state index in [0.29, 0.717) is 30.0 Å². The van der Waals surface area contributed by atoms with E-state index in [1.54, 1.807) is 11.1 Å². The molecule has 0 radical (unpaired) electrons. The van der Waals surface area contributed by atoms with Crippen LogP contribution in [0.25, 0.3) is 11.3 Å². The predicted octanol–water partition coefficient (Wildman–Crippen LogP) is 6.91. The first kappa shape index (κ1) is 26.8. The lowest BCUT2D eigenvalue weighted by Gasteiger charge is -2.48. The van der Waals surface area contributed by atoms with Crippen LogP contribution in [-0.2, 0) is 15.6 Å². The van der Waals surface area contributed by atoms with E-state index in [2.05, 4.69) is 56.2 Å². The minimum Gasteiger partial charge on any atom is -0.394 e. The van der Waals surface area contributed by atoms with Crippen molar-refractivity contribution in [2.24, 2.45) is 0 Å². The van der Waals surface area contributed by atoms with Crippen molar-refractivity contribution < 1.29 is 9.84 Å². The van der Waals surface area contributed by atoms with Gasteiger partial charge in [0.05, 0.1) is 30.5 Å². The van der Waals surface area contributed by atoms with Crippen LogP contribution in [-0.4, -0.2) is 54.4 Å². The standard InChI is InChI=1S/C30H46N2O2S/c1-5-29(6-2)13-14-30(7-3,8-4)26-21-24(9-10-25(26)29)27-22-35-28(31-27)23-11-15-32(16-12-23)17-19-34-20-18-33/h9-10,21-23,33H,5-8,11-20H2,1-4H3. The van der Waals surface area contributed by atoms with E-state index < -0.39 is 0 Å². The smallest absolute Gasteiger partial charge is 0.0964 e. The number of ether oxygens (including phenoxy) is 1. The van der Waals surface area contributed by atoms with Gasteiger partial charge in [0.25, 0.3) is 0 Å². The largest absolute Gasteiger partial charge is 0.394 e. The first-order valence-corrected chi connectivity index (χ1v) is 14.9. The summed E-state index contributed by atoms with van der Waals surface area (Å²) in [6.45, 7) is 14.0. The lowest BCUT2D eigenvalue weighted by molar-refractivity contribution is 0.0679. The monoisotopic (exact) mass is 498 g/mol. The van der Waals surface area contributed by atoms with E-state index in [4.69, 9.17) is 14.8 Å². The fourth-order valence-corrected chi connectivity index (χ4v) is 7.69. The summed E-state index contributed by atoms with van der Waals surface area (Å²) in [6.07, 6.45) is 9.86. The van der Waals surface area contributed by atoms with Crippen LogP contribution in [0.3, 0.4) is 0 Å². The Labute approximate surface area is 217 Å². The van der Waals surface area contributed by atoms with Gasteiger partial charge in [-0.05, 0) is 92.5 Å². The first-order valence-electron chi connectivity index (χ1n) is 14.1. The first-order chi connectivity index (χ1) is 17.0. The second kappa shape index (κ2) is 11.9. The van der Waals surface area contributed by atoms with Crippen LogP contribution in [0.5, 0.6) is 0 Å². The molecule has 0 saturated carbocycles. The van der Waals surface area contributed by atoms with E-state index >= 15 is 0 Å². The minimum absolute atomic E-state index is 0.106.